The highest BCUT2D eigenvalue weighted by Crippen LogP contribution is 2.18. The molecule has 16 heavy (non-hydrogen) atoms. The van der Waals surface area contributed by atoms with E-state index in [2.05, 4.69) is 5.32 Å². The molecule has 1 aromatic carbocycles. The normalized spacial score (nSPS) is 10.6. The number of carbonyl (C=O) groups excluding carboxylic acids is 1. The predicted octanol–water partition coefficient (Wildman–Crippen LogP) is 2.84. The Hall–Kier alpha value is -1.13. The number of amides is 1. The van der Waals surface area contributed by atoms with Gasteiger partial charge >= 0.3 is 0 Å². The monoisotopic (exact) mass is 245 g/mol. The van der Waals surface area contributed by atoms with Crippen LogP contribution in [0.3, 0.4) is 0 Å². The molecule has 0 saturated carbocycles. The molecular weight excluding hydrogens is 233 g/mol. The second kappa shape index (κ2) is 5.82. The van der Waals surface area contributed by atoms with Gasteiger partial charge in [0, 0.05) is 5.02 Å². The molecule has 0 fully saturated rings. The van der Waals surface area contributed by atoms with Crippen molar-refractivity contribution in [3.63, 3.8) is 0 Å². The molecule has 0 atom stereocenters. The van der Waals surface area contributed by atoms with Crippen LogP contribution in [0, 0.1) is 5.82 Å². The van der Waals surface area contributed by atoms with Crippen molar-refractivity contribution in [3.8, 4) is 0 Å². The fraction of sp³-hybridized carbons (Fsp3) is 0.364. The van der Waals surface area contributed by atoms with E-state index in [1.807, 2.05) is 13.8 Å². The average Bonchev–Trinajstić information content (AvgIpc) is 2.19. The van der Waals surface area contributed by atoms with Crippen LogP contribution in [0.5, 0.6) is 0 Å². The van der Waals surface area contributed by atoms with E-state index in [1.165, 1.54) is 12.1 Å². The molecule has 0 heterocycles. The maximum absolute atomic E-state index is 13.3. The van der Waals surface area contributed by atoms with E-state index in [1.54, 1.807) is 0 Å². The van der Waals surface area contributed by atoms with E-state index in [-0.39, 0.29) is 23.4 Å². The number of hydrogen-bond donors (Lipinski definition) is 1. The van der Waals surface area contributed by atoms with Crippen LogP contribution < -0.4 is 5.32 Å². The molecule has 3 nitrogen and oxygen atoms in total. The Bertz CT molecular complexity index is 382. The van der Waals surface area contributed by atoms with Crippen LogP contribution in [0.1, 0.15) is 13.8 Å². The lowest BCUT2D eigenvalue weighted by atomic mass is 10.3. The quantitative estimate of drug-likeness (QED) is 0.886. The Morgan fingerprint density at radius 1 is 1.56 bits per heavy atom. The number of anilines is 1. The van der Waals surface area contributed by atoms with Crippen molar-refractivity contribution in [2.45, 2.75) is 20.0 Å². The van der Waals surface area contributed by atoms with Gasteiger partial charge in [-0.15, -0.1) is 0 Å². The van der Waals surface area contributed by atoms with Crippen molar-refractivity contribution >= 4 is 23.2 Å². The molecule has 1 amide bonds. The van der Waals surface area contributed by atoms with Crippen LogP contribution >= 0.6 is 11.6 Å². The van der Waals surface area contributed by atoms with Crippen LogP contribution in [-0.2, 0) is 9.53 Å². The molecule has 0 aliphatic rings. The van der Waals surface area contributed by atoms with Gasteiger partial charge in [0.05, 0.1) is 11.8 Å². The van der Waals surface area contributed by atoms with Crippen LogP contribution in [0.4, 0.5) is 10.1 Å². The Labute approximate surface area is 98.5 Å². The summed E-state index contributed by atoms with van der Waals surface area (Å²) in [4.78, 5) is 11.3. The van der Waals surface area contributed by atoms with Gasteiger partial charge in [-0.3, -0.25) is 4.79 Å². The summed E-state index contributed by atoms with van der Waals surface area (Å²) >= 11 is 5.58. The van der Waals surface area contributed by atoms with Gasteiger partial charge in [0.15, 0.2) is 0 Å². The minimum Gasteiger partial charge on any atom is -0.369 e. The second-order valence-corrected chi connectivity index (χ2v) is 3.97. The van der Waals surface area contributed by atoms with Crippen molar-refractivity contribution in [2.24, 2.45) is 0 Å². The number of rotatable bonds is 4. The van der Waals surface area contributed by atoms with Crippen LogP contribution in [0.2, 0.25) is 5.02 Å². The molecule has 1 N–H and O–H groups in total. The largest absolute Gasteiger partial charge is 0.369 e. The van der Waals surface area contributed by atoms with Gasteiger partial charge in [0.25, 0.3) is 0 Å². The lowest BCUT2D eigenvalue weighted by Crippen LogP contribution is -2.21. The fourth-order valence-corrected chi connectivity index (χ4v) is 1.18. The average molecular weight is 246 g/mol. The second-order valence-electron chi connectivity index (χ2n) is 3.53. The molecular formula is C11H13ClFNO2. The van der Waals surface area contributed by atoms with Gasteiger partial charge in [0.1, 0.15) is 12.4 Å². The highest BCUT2D eigenvalue weighted by Gasteiger charge is 2.08. The molecule has 0 bridgehead atoms. The lowest BCUT2D eigenvalue weighted by molar-refractivity contribution is -0.121. The molecule has 0 spiro atoms. The van der Waals surface area contributed by atoms with Crippen LogP contribution in [0.15, 0.2) is 18.2 Å². The first-order chi connectivity index (χ1) is 7.49. The molecule has 88 valence electrons. The Kier molecular flexibility index (Phi) is 4.71. The van der Waals surface area contributed by atoms with E-state index in [4.69, 9.17) is 16.3 Å². The molecule has 1 aromatic rings. The summed E-state index contributed by atoms with van der Waals surface area (Å²) in [6.45, 7) is 3.53. The zero-order valence-electron chi connectivity index (χ0n) is 9.09. The Morgan fingerprint density at radius 3 is 2.81 bits per heavy atom. The molecule has 0 aliphatic heterocycles. The number of ether oxygens (including phenoxy) is 1. The molecule has 0 aromatic heterocycles. The summed E-state index contributed by atoms with van der Waals surface area (Å²) in [7, 11) is 0. The van der Waals surface area contributed by atoms with Crippen molar-refractivity contribution in [3.05, 3.63) is 29.0 Å². The first-order valence-corrected chi connectivity index (χ1v) is 5.23. The number of benzene rings is 1. The zero-order chi connectivity index (χ0) is 12.1. The summed E-state index contributed by atoms with van der Waals surface area (Å²) in [5.74, 6) is -0.958. The van der Waals surface area contributed by atoms with Crippen molar-refractivity contribution < 1.29 is 13.9 Å². The minimum absolute atomic E-state index is 0.0409. The molecule has 5 heteroatoms. The van der Waals surface area contributed by atoms with Gasteiger partial charge in [-0.25, -0.2) is 4.39 Å². The SMILES string of the molecule is CC(C)OCC(=O)Nc1ccc(Cl)cc1F. The van der Waals surface area contributed by atoms with Crippen molar-refractivity contribution in [2.75, 3.05) is 11.9 Å². The smallest absolute Gasteiger partial charge is 0.250 e. The van der Waals surface area contributed by atoms with Crippen LogP contribution in [-0.4, -0.2) is 18.6 Å². The van der Waals surface area contributed by atoms with Gasteiger partial charge in [0.2, 0.25) is 5.91 Å². The summed E-state index contributed by atoms with van der Waals surface area (Å²) in [6.07, 6.45) is -0.0409. The molecule has 0 unspecified atom stereocenters. The van der Waals surface area contributed by atoms with Gasteiger partial charge < -0.3 is 10.1 Å². The topological polar surface area (TPSA) is 38.3 Å². The van der Waals surface area contributed by atoms with Crippen molar-refractivity contribution in [1.82, 2.24) is 0 Å². The standard InChI is InChI=1S/C11H13ClFNO2/c1-7(2)16-6-11(15)14-10-4-3-8(12)5-9(10)13/h3-5,7H,6H2,1-2H3,(H,14,15). The summed E-state index contributed by atoms with van der Waals surface area (Å²) < 4.78 is 18.3. The Balaban J connectivity index is 2.56. The Morgan fingerprint density at radius 2 is 2.25 bits per heavy atom. The predicted molar refractivity (Wildman–Crippen MR) is 61.1 cm³/mol. The first kappa shape index (κ1) is 12.9. The fourth-order valence-electron chi connectivity index (χ4n) is 1.02. The van der Waals surface area contributed by atoms with Crippen LogP contribution in [0.25, 0.3) is 0 Å². The van der Waals surface area contributed by atoms with E-state index in [0.29, 0.717) is 0 Å². The first-order valence-electron chi connectivity index (χ1n) is 4.85. The maximum atomic E-state index is 13.3. The third kappa shape index (κ3) is 4.16. The van der Waals surface area contributed by atoms with Gasteiger partial charge in [-0.1, -0.05) is 11.6 Å². The number of hydrogen-bond acceptors (Lipinski definition) is 2. The molecule has 0 saturated heterocycles. The summed E-state index contributed by atoms with van der Waals surface area (Å²) in [5, 5.41) is 2.68. The minimum atomic E-state index is -0.564. The third-order valence-electron chi connectivity index (χ3n) is 1.75. The third-order valence-corrected chi connectivity index (χ3v) is 1.99. The van der Waals surface area contributed by atoms with E-state index in [0.717, 1.165) is 6.07 Å². The summed E-state index contributed by atoms with van der Waals surface area (Å²) in [5.41, 5.74) is 0.0988. The number of halogens is 2. The number of nitrogens with one attached hydrogen (secondary N) is 1. The van der Waals surface area contributed by atoms with E-state index in [9.17, 15) is 9.18 Å². The highest BCUT2D eigenvalue weighted by atomic mass is 35.5. The van der Waals surface area contributed by atoms with Gasteiger partial charge in [-0.05, 0) is 32.0 Å². The van der Waals surface area contributed by atoms with E-state index >= 15 is 0 Å². The molecule has 0 radical (unpaired) electrons. The zero-order valence-corrected chi connectivity index (χ0v) is 9.84. The highest BCUT2D eigenvalue weighted by molar-refractivity contribution is 6.30. The van der Waals surface area contributed by atoms with Crippen molar-refractivity contribution in [1.29, 1.82) is 0 Å². The molecule has 0 aliphatic carbocycles. The lowest BCUT2D eigenvalue weighted by Gasteiger charge is -2.09. The number of carbonyl (C=O) groups is 1. The maximum Gasteiger partial charge on any atom is 0.250 e. The molecule has 1 rings (SSSR count). The van der Waals surface area contributed by atoms with Gasteiger partial charge in [-0.2, -0.15) is 0 Å². The summed E-state index contributed by atoms with van der Waals surface area (Å²) in [6, 6.07) is 4.05. The van der Waals surface area contributed by atoms with E-state index < -0.39 is 11.7 Å².